The Bertz CT molecular complexity index is 1000. The molecule has 7 atom stereocenters. The average molecular weight is 581 g/mol. The zero-order chi connectivity index (χ0) is 26.9. The first-order valence-corrected chi connectivity index (χ1v) is 14.2. The van der Waals surface area contributed by atoms with Crippen molar-refractivity contribution in [2.24, 2.45) is 17.8 Å². The summed E-state index contributed by atoms with van der Waals surface area (Å²) in [6, 6.07) is 5.57. The summed E-state index contributed by atoms with van der Waals surface area (Å²) in [6.45, 7) is 8.51. The fourth-order valence-electron chi connectivity index (χ4n) is 6.16. The number of aliphatic hydroxyl groups excluding tert-OH is 1. The normalized spacial score (nSPS) is 30.9. The summed E-state index contributed by atoms with van der Waals surface area (Å²) in [5.74, 6) is -1.92. The molecule has 9 nitrogen and oxygen atoms in total. The van der Waals surface area contributed by atoms with Crippen LogP contribution < -0.4 is 15.4 Å². The molecule has 1 aromatic carbocycles. The number of nitrogens with zero attached hydrogens (tertiary/aromatic N) is 1. The minimum atomic E-state index is -1.14. The van der Waals surface area contributed by atoms with Crippen LogP contribution in [0.25, 0.3) is 0 Å². The van der Waals surface area contributed by atoms with Crippen molar-refractivity contribution in [1.29, 1.82) is 0 Å². The summed E-state index contributed by atoms with van der Waals surface area (Å²) in [7, 11) is 0. The van der Waals surface area contributed by atoms with Crippen molar-refractivity contribution in [3.63, 3.8) is 0 Å². The molecule has 37 heavy (non-hydrogen) atoms. The predicted molar refractivity (Wildman–Crippen MR) is 142 cm³/mol. The highest BCUT2D eigenvalue weighted by atomic mass is 79.9. The third-order valence-corrected chi connectivity index (χ3v) is 8.70. The third kappa shape index (κ3) is 4.88. The summed E-state index contributed by atoms with van der Waals surface area (Å²) in [5, 5.41) is 16.2. The van der Waals surface area contributed by atoms with Gasteiger partial charge in [-0.15, -0.1) is 0 Å². The van der Waals surface area contributed by atoms with Crippen LogP contribution in [0.1, 0.15) is 47.0 Å². The molecule has 0 aromatic heterocycles. The fraction of sp³-hybridized carbons (Fsp3) is 0.667. The average Bonchev–Trinajstić information content (AvgIpc) is 3.45. The number of benzene rings is 1. The second-order valence-electron chi connectivity index (χ2n) is 10.5. The molecule has 0 saturated carbocycles. The maximum absolute atomic E-state index is 14.1. The lowest BCUT2D eigenvalue weighted by Gasteiger charge is -2.38. The SMILES string of the molecule is CCCCNC(=O)C1N([C@@H](CO)C(C)C)C(=O)[C@@H]2[C@H](C(=O)Nc3ccc(OCC)cc3)[C@H]3OC12CC3Br. The molecular weight excluding hydrogens is 542 g/mol. The van der Waals surface area contributed by atoms with Crippen molar-refractivity contribution in [1.82, 2.24) is 10.2 Å². The molecule has 1 spiro atoms. The summed E-state index contributed by atoms with van der Waals surface area (Å²) >= 11 is 3.68. The third-order valence-electron chi connectivity index (χ3n) is 7.85. The topological polar surface area (TPSA) is 117 Å². The minimum absolute atomic E-state index is 0.0942. The molecule has 3 aliphatic rings. The van der Waals surface area contributed by atoms with E-state index in [9.17, 15) is 19.5 Å². The number of carbonyl (C=O) groups excluding carboxylic acids is 3. The maximum Gasteiger partial charge on any atom is 0.245 e. The first-order chi connectivity index (χ1) is 17.7. The number of anilines is 1. The number of nitrogens with one attached hydrogen (secondary N) is 2. The number of carbonyl (C=O) groups is 3. The molecule has 3 saturated heterocycles. The van der Waals surface area contributed by atoms with E-state index in [0.29, 0.717) is 31.0 Å². The van der Waals surface area contributed by atoms with Gasteiger partial charge in [-0.05, 0) is 49.9 Å². The Morgan fingerprint density at radius 1 is 1.24 bits per heavy atom. The number of hydrogen-bond acceptors (Lipinski definition) is 6. The number of ether oxygens (including phenoxy) is 2. The van der Waals surface area contributed by atoms with Crippen molar-refractivity contribution < 1.29 is 29.0 Å². The highest BCUT2D eigenvalue weighted by Crippen LogP contribution is 2.60. The van der Waals surface area contributed by atoms with Crippen molar-refractivity contribution in [3.8, 4) is 5.75 Å². The van der Waals surface area contributed by atoms with Crippen LogP contribution in [0.4, 0.5) is 5.69 Å². The van der Waals surface area contributed by atoms with Crippen LogP contribution >= 0.6 is 15.9 Å². The second-order valence-corrected chi connectivity index (χ2v) is 11.7. The number of rotatable bonds is 11. The zero-order valence-electron chi connectivity index (χ0n) is 21.9. The molecule has 10 heteroatoms. The summed E-state index contributed by atoms with van der Waals surface area (Å²) < 4.78 is 12.0. The molecule has 3 heterocycles. The van der Waals surface area contributed by atoms with Gasteiger partial charge in [-0.3, -0.25) is 14.4 Å². The fourth-order valence-corrected chi connectivity index (χ4v) is 7.10. The molecule has 0 aliphatic carbocycles. The molecule has 0 radical (unpaired) electrons. The lowest BCUT2D eigenvalue weighted by atomic mass is 9.70. The first kappa shape index (κ1) is 27.9. The molecule has 4 rings (SSSR count). The van der Waals surface area contributed by atoms with Gasteiger partial charge in [0.25, 0.3) is 0 Å². The van der Waals surface area contributed by atoms with Gasteiger partial charge in [-0.25, -0.2) is 0 Å². The van der Waals surface area contributed by atoms with E-state index in [1.165, 1.54) is 4.90 Å². The predicted octanol–water partition coefficient (Wildman–Crippen LogP) is 2.71. The van der Waals surface area contributed by atoms with Crippen LogP contribution in [0.2, 0.25) is 0 Å². The van der Waals surface area contributed by atoms with Crippen molar-refractivity contribution in [2.45, 2.75) is 75.6 Å². The number of likely N-dealkylation sites (tertiary alicyclic amines) is 1. The Kier molecular flexibility index (Phi) is 8.50. The van der Waals surface area contributed by atoms with Crippen LogP contribution in [0, 0.1) is 17.8 Å². The molecule has 3 amide bonds. The van der Waals surface area contributed by atoms with E-state index in [-0.39, 0.29) is 35.1 Å². The quantitative estimate of drug-likeness (QED) is 0.274. The Hall–Kier alpha value is -2.17. The Balaban J connectivity index is 1.67. The number of aliphatic hydroxyl groups is 1. The monoisotopic (exact) mass is 579 g/mol. The first-order valence-electron chi connectivity index (χ1n) is 13.3. The molecule has 3 unspecified atom stereocenters. The Morgan fingerprint density at radius 2 is 1.95 bits per heavy atom. The van der Waals surface area contributed by atoms with Crippen LogP contribution in [-0.2, 0) is 19.1 Å². The van der Waals surface area contributed by atoms with E-state index in [1.54, 1.807) is 24.3 Å². The maximum atomic E-state index is 14.1. The summed E-state index contributed by atoms with van der Waals surface area (Å²) in [6.07, 6.45) is 1.62. The highest BCUT2D eigenvalue weighted by molar-refractivity contribution is 9.09. The minimum Gasteiger partial charge on any atom is -0.494 e. The van der Waals surface area contributed by atoms with Crippen molar-refractivity contribution >= 4 is 39.3 Å². The summed E-state index contributed by atoms with van der Waals surface area (Å²) in [4.78, 5) is 42.6. The summed E-state index contributed by atoms with van der Waals surface area (Å²) in [5.41, 5.74) is -0.557. The lowest BCUT2D eigenvalue weighted by Crippen LogP contribution is -2.59. The number of halogens is 1. The zero-order valence-corrected chi connectivity index (χ0v) is 23.5. The second kappa shape index (κ2) is 11.3. The van der Waals surface area contributed by atoms with Gasteiger partial charge in [0.05, 0.1) is 37.2 Å². The van der Waals surface area contributed by atoms with Crippen molar-refractivity contribution in [2.75, 3.05) is 25.1 Å². The number of amides is 3. The van der Waals surface area contributed by atoms with Gasteiger partial charge in [0.15, 0.2) is 0 Å². The largest absolute Gasteiger partial charge is 0.494 e. The molecule has 1 aromatic rings. The van der Waals surface area contributed by atoms with E-state index >= 15 is 0 Å². The molecule has 204 valence electrons. The Morgan fingerprint density at radius 3 is 2.54 bits per heavy atom. The van der Waals surface area contributed by atoms with Gasteiger partial charge in [0, 0.05) is 17.1 Å². The number of hydrogen-bond donors (Lipinski definition) is 3. The van der Waals surface area contributed by atoms with Gasteiger partial charge in [-0.2, -0.15) is 0 Å². The van der Waals surface area contributed by atoms with Crippen molar-refractivity contribution in [3.05, 3.63) is 24.3 Å². The van der Waals surface area contributed by atoms with E-state index in [0.717, 1.165) is 12.8 Å². The van der Waals surface area contributed by atoms with E-state index < -0.39 is 35.6 Å². The number of fused-ring (bicyclic) bond motifs is 1. The number of unbranched alkanes of at least 4 members (excludes halogenated alkanes) is 1. The molecule has 3 aliphatic heterocycles. The smallest absolute Gasteiger partial charge is 0.245 e. The van der Waals surface area contributed by atoms with E-state index in [1.807, 2.05) is 27.7 Å². The molecule has 2 bridgehead atoms. The van der Waals surface area contributed by atoms with Gasteiger partial charge >= 0.3 is 0 Å². The van der Waals surface area contributed by atoms with Crippen LogP contribution in [-0.4, -0.2) is 76.1 Å². The standard InChI is InChI=1S/C27H38BrN3O6/c1-5-7-12-29-25(34)23-27-13-18(28)22(37-27)20(21(27)26(35)31(23)19(14-32)15(3)4)24(33)30-16-8-10-17(11-9-16)36-6-2/h8-11,15,18-23,32H,5-7,12-14H2,1-4H3,(H,29,34)(H,30,33)/t18?,19-,20-,21-,22-,23?,27?/m0/s1. The molecule has 3 fully saturated rings. The molecular formula is C27H38BrN3O6. The number of alkyl halides is 1. The van der Waals surface area contributed by atoms with Gasteiger partial charge in [0.1, 0.15) is 17.4 Å². The highest BCUT2D eigenvalue weighted by Gasteiger charge is 2.77. The van der Waals surface area contributed by atoms with Crippen LogP contribution in [0.5, 0.6) is 5.75 Å². The van der Waals surface area contributed by atoms with E-state index in [2.05, 4.69) is 26.6 Å². The molecule has 3 N–H and O–H groups in total. The van der Waals surface area contributed by atoms with Crippen LogP contribution in [0.3, 0.4) is 0 Å². The Labute approximate surface area is 226 Å². The van der Waals surface area contributed by atoms with Crippen LogP contribution in [0.15, 0.2) is 24.3 Å². The van der Waals surface area contributed by atoms with Gasteiger partial charge in [0.2, 0.25) is 17.7 Å². The van der Waals surface area contributed by atoms with Gasteiger partial charge in [-0.1, -0.05) is 43.1 Å². The van der Waals surface area contributed by atoms with Gasteiger partial charge < -0.3 is 30.1 Å². The lowest BCUT2D eigenvalue weighted by molar-refractivity contribution is -0.146. The van der Waals surface area contributed by atoms with E-state index in [4.69, 9.17) is 9.47 Å².